The van der Waals surface area contributed by atoms with Gasteiger partial charge >= 0.3 is 0 Å². The Morgan fingerprint density at radius 3 is 2.61 bits per heavy atom. The zero-order valence-corrected chi connectivity index (χ0v) is 16.5. The number of carbonyl (C=O) groups is 1. The minimum Gasteiger partial charge on any atom is -0.423 e. The molecule has 7 nitrogen and oxygen atoms in total. The highest BCUT2D eigenvalue weighted by molar-refractivity contribution is 5.78. The second-order valence-corrected chi connectivity index (χ2v) is 8.09. The highest BCUT2D eigenvalue weighted by Gasteiger charge is 2.31. The summed E-state index contributed by atoms with van der Waals surface area (Å²) in [5, 5.41) is 12.2. The standard InChI is InChI=1S/C21H30N4O3/c1-15(26)14-22-20(27)16-6-10-24(11-7-16)17-8-12-25(13-9-17)21-23-18-4-2-3-5-19(18)28-21/h2-5,15-17,26H,6-14H2,1H3,(H,22,27)/t15-/m1/s1. The molecule has 2 fully saturated rings. The molecule has 1 aromatic carbocycles. The Hall–Kier alpha value is -2.12. The van der Waals surface area contributed by atoms with Crippen LogP contribution in [-0.4, -0.2) is 65.8 Å². The van der Waals surface area contributed by atoms with Gasteiger partial charge in [0.1, 0.15) is 5.52 Å². The number of hydrogen-bond donors (Lipinski definition) is 2. The van der Waals surface area contributed by atoms with Crippen LogP contribution in [0, 0.1) is 5.92 Å². The third-order valence-electron chi connectivity index (χ3n) is 6.01. The zero-order chi connectivity index (χ0) is 19.5. The minimum absolute atomic E-state index is 0.0786. The van der Waals surface area contributed by atoms with Crippen molar-refractivity contribution in [1.29, 1.82) is 0 Å². The van der Waals surface area contributed by atoms with Gasteiger partial charge in [0, 0.05) is 31.6 Å². The van der Waals surface area contributed by atoms with Gasteiger partial charge in [-0.2, -0.15) is 4.98 Å². The first-order chi connectivity index (χ1) is 13.6. The van der Waals surface area contributed by atoms with Crippen LogP contribution in [0.15, 0.2) is 28.7 Å². The van der Waals surface area contributed by atoms with Crippen molar-refractivity contribution in [2.45, 2.75) is 44.8 Å². The predicted octanol–water partition coefficient (Wildman–Crippen LogP) is 2.01. The molecule has 2 N–H and O–H groups in total. The number of para-hydroxylation sites is 2. The van der Waals surface area contributed by atoms with E-state index >= 15 is 0 Å². The van der Waals surface area contributed by atoms with Crippen LogP contribution in [0.4, 0.5) is 6.01 Å². The molecule has 28 heavy (non-hydrogen) atoms. The topological polar surface area (TPSA) is 81.8 Å². The van der Waals surface area contributed by atoms with E-state index in [9.17, 15) is 9.90 Å². The van der Waals surface area contributed by atoms with Gasteiger partial charge in [0.05, 0.1) is 6.10 Å². The van der Waals surface area contributed by atoms with Crippen LogP contribution in [-0.2, 0) is 4.79 Å². The van der Waals surface area contributed by atoms with Crippen molar-refractivity contribution in [3.63, 3.8) is 0 Å². The molecule has 152 valence electrons. The van der Waals surface area contributed by atoms with Crippen molar-refractivity contribution in [2.24, 2.45) is 5.92 Å². The van der Waals surface area contributed by atoms with E-state index in [2.05, 4.69) is 20.1 Å². The van der Waals surface area contributed by atoms with E-state index < -0.39 is 6.10 Å². The molecule has 0 radical (unpaired) electrons. The lowest BCUT2D eigenvalue weighted by molar-refractivity contribution is -0.127. The highest BCUT2D eigenvalue weighted by Crippen LogP contribution is 2.28. The Kier molecular flexibility index (Phi) is 5.82. The summed E-state index contributed by atoms with van der Waals surface area (Å²) >= 11 is 0. The highest BCUT2D eigenvalue weighted by atomic mass is 16.4. The van der Waals surface area contributed by atoms with Crippen molar-refractivity contribution >= 4 is 23.0 Å². The molecule has 2 aromatic rings. The molecule has 0 spiro atoms. The van der Waals surface area contributed by atoms with Gasteiger partial charge in [0.2, 0.25) is 5.91 Å². The van der Waals surface area contributed by atoms with Gasteiger partial charge in [-0.25, -0.2) is 0 Å². The maximum atomic E-state index is 12.2. The molecule has 0 saturated carbocycles. The molecule has 1 atom stereocenters. The molecule has 2 aliphatic rings. The summed E-state index contributed by atoms with van der Waals surface area (Å²) in [6.45, 7) is 5.88. The molecule has 2 saturated heterocycles. The minimum atomic E-state index is -0.490. The number of likely N-dealkylation sites (tertiary alicyclic amines) is 1. The Labute approximate surface area is 165 Å². The van der Waals surface area contributed by atoms with Crippen molar-refractivity contribution in [1.82, 2.24) is 15.2 Å². The number of benzene rings is 1. The lowest BCUT2D eigenvalue weighted by Gasteiger charge is -2.41. The monoisotopic (exact) mass is 386 g/mol. The quantitative estimate of drug-likeness (QED) is 0.818. The van der Waals surface area contributed by atoms with Crippen LogP contribution in [0.25, 0.3) is 11.1 Å². The number of aliphatic hydroxyl groups excluding tert-OH is 1. The van der Waals surface area contributed by atoms with E-state index in [1.807, 2.05) is 24.3 Å². The summed E-state index contributed by atoms with van der Waals surface area (Å²) in [5.74, 6) is 0.168. The number of piperidine rings is 2. The van der Waals surface area contributed by atoms with Crippen molar-refractivity contribution in [3.8, 4) is 0 Å². The molecule has 1 amide bonds. The first kappa shape index (κ1) is 19.2. The fraction of sp³-hybridized carbons (Fsp3) is 0.619. The molecule has 1 aromatic heterocycles. The average molecular weight is 386 g/mol. The molecule has 7 heteroatoms. The lowest BCUT2D eigenvalue weighted by atomic mass is 9.93. The van der Waals surface area contributed by atoms with Crippen molar-refractivity contribution in [3.05, 3.63) is 24.3 Å². The Bertz CT molecular complexity index is 757. The molecule has 3 heterocycles. The molecular formula is C21H30N4O3. The molecule has 4 rings (SSSR count). The summed E-state index contributed by atoms with van der Waals surface area (Å²) in [5.41, 5.74) is 1.76. The largest absolute Gasteiger partial charge is 0.423 e. The number of aliphatic hydroxyl groups is 1. The van der Waals surface area contributed by atoms with Gasteiger partial charge in [-0.05, 0) is 57.8 Å². The molecular weight excluding hydrogens is 356 g/mol. The Morgan fingerprint density at radius 2 is 1.93 bits per heavy atom. The number of fused-ring (bicyclic) bond motifs is 1. The number of amides is 1. The van der Waals surface area contributed by atoms with Gasteiger partial charge in [-0.3, -0.25) is 4.79 Å². The van der Waals surface area contributed by atoms with E-state index in [1.54, 1.807) is 6.92 Å². The van der Waals surface area contributed by atoms with Gasteiger partial charge < -0.3 is 24.6 Å². The first-order valence-electron chi connectivity index (χ1n) is 10.4. The van der Waals surface area contributed by atoms with Crippen LogP contribution in [0.2, 0.25) is 0 Å². The van der Waals surface area contributed by atoms with Crippen molar-refractivity contribution < 1.29 is 14.3 Å². The van der Waals surface area contributed by atoms with E-state index in [1.165, 1.54) is 0 Å². The Balaban J connectivity index is 1.25. The number of oxazole rings is 1. The Morgan fingerprint density at radius 1 is 1.21 bits per heavy atom. The van der Waals surface area contributed by atoms with Crippen LogP contribution in [0.3, 0.4) is 0 Å². The summed E-state index contributed by atoms with van der Waals surface area (Å²) in [4.78, 5) is 21.6. The zero-order valence-electron chi connectivity index (χ0n) is 16.5. The average Bonchev–Trinajstić information content (AvgIpc) is 3.16. The molecule has 0 unspecified atom stereocenters. The number of hydrogen-bond acceptors (Lipinski definition) is 6. The second-order valence-electron chi connectivity index (χ2n) is 8.09. The maximum absolute atomic E-state index is 12.2. The number of anilines is 1. The van der Waals surface area contributed by atoms with Crippen LogP contribution >= 0.6 is 0 Å². The van der Waals surface area contributed by atoms with E-state index in [0.29, 0.717) is 12.6 Å². The maximum Gasteiger partial charge on any atom is 0.298 e. The summed E-state index contributed by atoms with van der Waals surface area (Å²) in [6, 6.07) is 9.19. The first-order valence-corrected chi connectivity index (χ1v) is 10.4. The number of nitrogens with zero attached hydrogens (tertiary/aromatic N) is 3. The molecule has 0 aliphatic carbocycles. The number of rotatable bonds is 5. The van der Waals surface area contributed by atoms with E-state index in [0.717, 1.165) is 69.0 Å². The number of nitrogens with one attached hydrogen (secondary N) is 1. The smallest absolute Gasteiger partial charge is 0.298 e. The third kappa shape index (κ3) is 4.31. The van der Waals surface area contributed by atoms with Crippen LogP contribution < -0.4 is 10.2 Å². The predicted molar refractivity (Wildman–Crippen MR) is 108 cm³/mol. The normalized spacial score (nSPS) is 21.1. The third-order valence-corrected chi connectivity index (χ3v) is 6.01. The van der Waals surface area contributed by atoms with E-state index in [-0.39, 0.29) is 11.8 Å². The summed E-state index contributed by atoms with van der Waals surface area (Å²) in [7, 11) is 0. The second kappa shape index (κ2) is 8.49. The van der Waals surface area contributed by atoms with Gasteiger partial charge in [0.15, 0.2) is 5.58 Å². The number of aromatic nitrogens is 1. The number of carbonyl (C=O) groups excluding carboxylic acids is 1. The fourth-order valence-electron chi connectivity index (χ4n) is 4.34. The van der Waals surface area contributed by atoms with Gasteiger partial charge in [0.25, 0.3) is 6.01 Å². The molecule has 2 aliphatic heterocycles. The molecule has 0 bridgehead atoms. The van der Waals surface area contributed by atoms with Gasteiger partial charge in [-0.1, -0.05) is 12.1 Å². The summed E-state index contributed by atoms with van der Waals surface area (Å²) < 4.78 is 5.91. The fourth-order valence-corrected chi connectivity index (χ4v) is 4.34. The SMILES string of the molecule is C[C@@H](O)CNC(=O)C1CCN(C2CCN(c3nc4ccccc4o3)CC2)CC1. The lowest BCUT2D eigenvalue weighted by Crippen LogP contribution is -2.49. The van der Waals surface area contributed by atoms with Gasteiger partial charge in [-0.15, -0.1) is 0 Å². The summed E-state index contributed by atoms with van der Waals surface area (Å²) in [6.07, 6.45) is 3.50. The van der Waals surface area contributed by atoms with Crippen LogP contribution in [0.1, 0.15) is 32.6 Å². The van der Waals surface area contributed by atoms with Crippen molar-refractivity contribution in [2.75, 3.05) is 37.6 Å². The van der Waals surface area contributed by atoms with Crippen LogP contribution in [0.5, 0.6) is 0 Å². The van der Waals surface area contributed by atoms with E-state index in [4.69, 9.17) is 4.42 Å².